The Balaban J connectivity index is 0.880. The number of benzene rings is 10. The summed E-state index contributed by atoms with van der Waals surface area (Å²) in [5, 5.41) is 8.47. The SMILES string of the molecule is c1ccc(N2c3ccccc3C3(c4ccccc4-c4ccc(-c5ccc(C6N=c7ccccc7=C(c7ccc(-c8cccc9ccccc89)cc7)N6)cc5)cc43)c3ccccc32)cc1. The van der Waals surface area contributed by atoms with Gasteiger partial charge in [0, 0.05) is 10.9 Å². The van der Waals surface area contributed by atoms with Gasteiger partial charge >= 0.3 is 0 Å². The Morgan fingerprint density at radius 2 is 0.984 bits per heavy atom. The van der Waals surface area contributed by atoms with E-state index >= 15 is 0 Å². The summed E-state index contributed by atoms with van der Waals surface area (Å²) in [6, 6.07) is 86.5. The predicted molar refractivity (Wildman–Crippen MR) is 262 cm³/mol. The van der Waals surface area contributed by atoms with E-state index in [1.54, 1.807) is 0 Å². The lowest BCUT2D eigenvalue weighted by atomic mass is 9.64. The Bertz CT molecular complexity index is 3540. The number of para-hydroxylation sites is 4. The number of rotatable bonds is 5. The molecule has 0 fully saturated rings. The summed E-state index contributed by atoms with van der Waals surface area (Å²) in [5.74, 6) is 0. The van der Waals surface area contributed by atoms with E-state index in [0.717, 1.165) is 33.1 Å². The van der Waals surface area contributed by atoms with E-state index in [4.69, 9.17) is 4.99 Å². The van der Waals surface area contributed by atoms with Crippen LogP contribution in [0.2, 0.25) is 0 Å². The molecule has 0 bridgehead atoms. The molecular formula is C61H41N3. The van der Waals surface area contributed by atoms with E-state index < -0.39 is 5.41 Å². The van der Waals surface area contributed by atoms with Crippen molar-refractivity contribution in [1.29, 1.82) is 0 Å². The second kappa shape index (κ2) is 14.4. The molecule has 10 aromatic carbocycles. The summed E-state index contributed by atoms with van der Waals surface area (Å²) >= 11 is 0. The first kappa shape index (κ1) is 36.4. The molecule has 300 valence electrons. The number of anilines is 3. The smallest absolute Gasteiger partial charge is 0.145 e. The molecule has 2 aliphatic heterocycles. The average Bonchev–Trinajstić information content (AvgIpc) is 3.66. The fraction of sp³-hybridized carbons (Fsp3) is 0.0328. The minimum Gasteiger partial charge on any atom is -0.359 e. The first-order chi connectivity index (χ1) is 31.7. The van der Waals surface area contributed by atoms with Gasteiger partial charge in [-0.2, -0.15) is 0 Å². The van der Waals surface area contributed by atoms with Crippen LogP contribution in [-0.4, -0.2) is 0 Å². The van der Waals surface area contributed by atoms with Gasteiger partial charge < -0.3 is 10.2 Å². The molecule has 0 amide bonds. The molecule has 13 rings (SSSR count). The van der Waals surface area contributed by atoms with Crippen LogP contribution < -0.4 is 20.8 Å². The fourth-order valence-electron chi connectivity index (χ4n) is 10.9. The molecule has 64 heavy (non-hydrogen) atoms. The maximum atomic E-state index is 5.26. The minimum absolute atomic E-state index is 0.239. The van der Waals surface area contributed by atoms with Crippen LogP contribution in [0.5, 0.6) is 0 Å². The summed E-state index contributed by atoms with van der Waals surface area (Å²) in [6.07, 6.45) is -0.239. The van der Waals surface area contributed by atoms with Crippen molar-refractivity contribution in [2.75, 3.05) is 4.90 Å². The minimum atomic E-state index is -0.502. The summed E-state index contributed by atoms with van der Waals surface area (Å²) in [4.78, 5) is 7.69. The molecule has 1 aliphatic carbocycles. The normalized spacial score (nSPS) is 15.0. The van der Waals surface area contributed by atoms with Crippen molar-refractivity contribution in [3.63, 3.8) is 0 Å². The average molecular weight is 816 g/mol. The Labute approximate surface area is 372 Å². The van der Waals surface area contributed by atoms with Gasteiger partial charge in [-0.05, 0) is 114 Å². The monoisotopic (exact) mass is 815 g/mol. The van der Waals surface area contributed by atoms with E-state index in [0.29, 0.717) is 0 Å². The Hall–Kier alpha value is -8.27. The number of hydrogen-bond acceptors (Lipinski definition) is 3. The molecule has 3 heteroatoms. The highest BCUT2D eigenvalue weighted by atomic mass is 15.2. The first-order valence-corrected chi connectivity index (χ1v) is 22.2. The van der Waals surface area contributed by atoms with E-state index in [9.17, 15) is 0 Å². The number of nitrogens with one attached hydrogen (secondary N) is 1. The van der Waals surface area contributed by atoms with E-state index in [1.807, 2.05) is 0 Å². The van der Waals surface area contributed by atoms with Gasteiger partial charge in [-0.1, -0.05) is 200 Å². The highest BCUT2D eigenvalue weighted by molar-refractivity contribution is 5.98. The third kappa shape index (κ3) is 5.44. The number of hydrogen-bond donors (Lipinski definition) is 1. The Kier molecular flexibility index (Phi) is 8.19. The van der Waals surface area contributed by atoms with E-state index in [1.165, 1.54) is 77.8 Å². The van der Waals surface area contributed by atoms with Gasteiger partial charge in [0.25, 0.3) is 0 Å². The summed E-state index contributed by atoms with van der Waals surface area (Å²) < 4.78 is 0. The van der Waals surface area contributed by atoms with Gasteiger partial charge in [0.2, 0.25) is 0 Å². The first-order valence-electron chi connectivity index (χ1n) is 22.2. The lowest BCUT2D eigenvalue weighted by Crippen LogP contribution is -2.39. The van der Waals surface area contributed by atoms with Crippen LogP contribution in [0, 0.1) is 0 Å². The molecule has 2 heterocycles. The molecule has 0 radical (unpaired) electrons. The van der Waals surface area contributed by atoms with Crippen molar-refractivity contribution in [2.45, 2.75) is 11.6 Å². The molecule has 1 spiro atoms. The number of nitrogens with zero attached hydrogens (tertiary/aromatic N) is 2. The highest BCUT2D eigenvalue weighted by Crippen LogP contribution is 2.63. The van der Waals surface area contributed by atoms with Crippen LogP contribution in [0.25, 0.3) is 49.9 Å². The second-order valence-corrected chi connectivity index (χ2v) is 17.1. The Morgan fingerprint density at radius 1 is 0.406 bits per heavy atom. The van der Waals surface area contributed by atoms with Gasteiger partial charge in [0.1, 0.15) is 6.17 Å². The van der Waals surface area contributed by atoms with Gasteiger partial charge in [0.15, 0.2) is 0 Å². The molecule has 0 saturated heterocycles. The Morgan fingerprint density at radius 3 is 1.78 bits per heavy atom. The predicted octanol–water partition coefficient (Wildman–Crippen LogP) is 13.4. The van der Waals surface area contributed by atoms with E-state index in [-0.39, 0.29) is 6.17 Å². The molecular weight excluding hydrogens is 775 g/mol. The maximum absolute atomic E-state index is 5.26. The third-order valence-corrected chi connectivity index (χ3v) is 13.7. The van der Waals surface area contributed by atoms with E-state index in [2.05, 4.69) is 247 Å². The molecule has 1 unspecified atom stereocenters. The topological polar surface area (TPSA) is 27.6 Å². The van der Waals surface area contributed by atoms with Crippen LogP contribution in [0.4, 0.5) is 17.1 Å². The molecule has 3 aliphatic rings. The molecule has 0 saturated carbocycles. The lowest BCUT2D eigenvalue weighted by Gasteiger charge is -2.45. The van der Waals surface area contributed by atoms with Gasteiger partial charge in [-0.25, -0.2) is 0 Å². The highest BCUT2D eigenvalue weighted by Gasteiger charge is 2.51. The quantitative estimate of drug-likeness (QED) is 0.187. The maximum Gasteiger partial charge on any atom is 0.145 e. The van der Waals surface area contributed by atoms with Crippen LogP contribution in [0.1, 0.15) is 39.5 Å². The summed E-state index contributed by atoms with van der Waals surface area (Å²) in [7, 11) is 0. The van der Waals surface area contributed by atoms with Crippen molar-refractivity contribution < 1.29 is 0 Å². The lowest BCUT2D eigenvalue weighted by molar-refractivity contribution is 0.634. The summed E-state index contributed by atoms with van der Waals surface area (Å²) in [6.45, 7) is 0. The summed E-state index contributed by atoms with van der Waals surface area (Å²) in [5.41, 5.74) is 19.0. The molecule has 3 nitrogen and oxygen atoms in total. The van der Waals surface area contributed by atoms with Crippen molar-refractivity contribution in [3.05, 3.63) is 281 Å². The van der Waals surface area contributed by atoms with Gasteiger partial charge in [-0.15, -0.1) is 0 Å². The van der Waals surface area contributed by atoms with Crippen molar-refractivity contribution in [1.82, 2.24) is 5.32 Å². The van der Waals surface area contributed by atoms with Gasteiger partial charge in [0.05, 0.1) is 27.8 Å². The van der Waals surface area contributed by atoms with Crippen molar-refractivity contribution in [2.24, 2.45) is 4.99 Å². The van der Waals surface area contributed by atoms with Crippen LogP contribution in [0.3, 0.4) is 0 Å². The zero-order valence-electron chi connectivity index (χ0n) is 35.0. The largest absolute Gasteiger partial charge is 0.359 e. The molecule has 0 aromatic heterocycles. The van der Waals surface area contributed by atoms with Crippen molar-refractivity contribution >= 4 is 33.5 Å². The second-order valence-electron chi connectivity index (χ2n) is 17.1. The molecule has 1 atom stereocenters. The zero-order valence-corrected chi connectivity index (χ0v) is 35.0. The van der Waals surface area contributed by atoms with Crippen LogP contribution >= 0.6 is 0 Å². The standard InChI is InChI=1S/C61H41N3/c1-2-17-46(18-3-1)64-57-27-12-9-24-53(57)61(54-25-10-13-28-58(54)64)52-23-8-6-20-49(52)50-38-37-45(39-55(50)61)40-29-35-44(36-30-40)60-62-56-26-11-7-21-51(56)59(63-60)43-33-31-42(32-34-43)48-22-14-16-41-15-4-5-19-47(41)48/h1-39,60,63H. The molecule has 1 N–H and O–H groups in total. The van der Waals surface area contributed by atoms with Crippen molar-refractivity contribution in [3.8, 4) is 33.4 Å². The van der Waals surface area contributed by atoms with Crippen LogP contribution in [0.15, 0.2) is 242 Å². The third-order valence-electron chi connectivity index (χ3n) is 13.7. The van der Waals surface area contributed by atoms with Crippen LogP contribution in [-0.2, 0) is 5.41 Å². The fourth-order valence-corrected chi connectivity index (χ4v) is 10.9. The number of fused-ring (bicyclic) bond motifs is 11. The van der Waals surface area contributed by atoms with Gasteiger partial charge in [-0.3, -0.25) is 4.99 Å². The zero-order chi connectivity index (χ0) is 42.2. The molecule has 10 aromatic rings.